The number of urea groups is 1. The second kappa shape index (κ2) is 4.48. The number of benzene rings is 1. The molecule has 1 atom stereocenters. The molecule has 5 heteroatoms. The Morgan fingerprint density at radius 3 is 2.95 bits per heavy atom. The van der Waals surface area contributed by atoms with E-state index < -0.39 is 5.60 Å². The van der Waals surface area contributed by atoms with Gasteiger partial charge in [0.2, 0.25) is 0 Å². The molecule has 1 aromatic carbocycles. The first-order valence-corrected chi connectivity index (χ1v) is 7.52. The van der Waals surface area contributed by atoms with Gasteiger partial charge in [-0.3, -0.25) is 4.79 Å². The van der Waals surface area contributed by atoms with Crippen molar-refractivity contribution in [2.24, 2.45) is 0 Å². The highest BCUT2D eigenvalue weighted by Crippen LogP contribution is 2.38. The zero-order valence-electron chi connectivity index (χ0n) is 11.8. The lowest BCUT2D eigenvalue weighted by Gasteiger charge is -2.34. The predicted molar refractivity (Wildman–Crippen MR) is 76.5 cm³/mol. The highest BCUT2D eigenvalue weighted by atomic mass is 16.5. The maximum Gasteiger partial charge on any atom is 0.317 e. The van der Waals surface area contributed by atoms with Crippen molar-refractivity contribution in [3.63, 3.8) is 0 Å². The summed E-state index contributed by atoms with van der Waals surface area (Å²) in [5, 5.41) is 2.99. The van der Waals surface area contributed by atoms with Crippen molar-refractivity contribution in [2.45, 2.75) is 37.3 Å². The average Bonchev–Trinajstić information content (AvgIpc) is 3.19. The van der Waals surface area contributed by atoms with Crippen LogP contribution in [0.4, 0.5) is 4.79 Å². The lowest BCUT2D eigenvalue weighted by atomic mass is 9.89. The van der Waals surface area contributed by atoms with Gasteiger partial charge in [0.1, 0.15) is 11.4 Å². The summed E-state index contributed by atoms with van der Waals surface area (Å²) in [6, 6.07) is 7.69. The molecular weight excluding hydrogens is 268 g/mol. The maximum absolute atomic E-state index is 12.3. The number of likely N-dealkylation sites (tertiary alicyclic amines) is 1. The van der Waals surface area contributed by atoms with E-state index in [4.69, 9.17) is 4.74 Å². The second-order valence-electron chi connectivity index (χ2n) is 6.28. The number of ketones is 1. The molecule has 1 saturated carbocycles. The Bertz CT molecular complexity index is 611. The molecule has 0 radical (unpaired) electrons. The lowest BCUT2D eigenvalue weighted by molar-refractivity contribution is 0.0478. The normalized spacial score (nSPS) is 27.4. The smallest absolute Gasteiger partial charge is 0.317 e. The fraction of sp³-hybridized carbons (Fsp3) is 0.500. The summed E-state index contributed by atoms with van der Waals surface area (Å²) >= 11 is 0. The molecule has 1 aliphatic carbocycles. The van der Waals surface area contributed by atoms with Crippen LogP contribution in [0.1, 0.15) is 36.0 Å². The molecule has 4 rings (SSSR count). The maximum atomic E-state index is 12.3. The Morgan fingerprint density at radius 1 is 1.33 bits per heavy atom. The largest absolute Gasteiger partial charge is 0.484 e. The van der Waals surface area contributed by atoms with Gasteiger partial charge in [-0.15, -0.1) is 0 Å². The van der Waals surface area contributed by atoms with Crippen molar-refractivity contribution >= 4 is 11.8 Å². The molecule has 1 N–H and O–H groups in total. The first-order valence-electron chi connectivity index (χ1n) is 7.52. The topological polar surface area (TPSA) is 58.6 Å². The molecule has 2 heterocycles. The summed E-state index contributed by atoms with van der Waals surface area (Å²) in [6.07, 6.45) is 3.22. The third kappa shape index (κ3) is 2.26. The van der Waals surface area contributed by atoms with E-state index >= 15 is 0 Å². The first kappa shape index (κ1) is 12.7. The van der Waals surface area contributed by atoms with Crippen molar-refractivity contribution in [1.29, 1.82) is 0 Å². The third-order valence-corrected chi connectivity index (χ3v) is 4.51. The van der Waals surface area contributed by atoms with Gasteiger partial charge >= 0.3 is 6.03 Å². The van der Waals surface area contributed by atoms with E-state index in [1.165, 1.54) is 0 Å². The zero-order chi connectivity index (χ0) is 14.4. The van der Waals surface area contributed by atoms with Crippen LogP contribution in [-0.2, 0) is 0 Å². The quantitative estimate of drug-likeness (QED) is 0.858. The number of rotatable bonds is 1. The minimum Gasteiger partial charge on any atom is -0.484 e. The number of Topliss-reactive ketones (excluding diaryl/α,β-unsaturated/α-hetero) is 1. The molecule has 5 nitrogen and oxygen atoms in total. The van der Waals surface area contributed by atoms with Crippen LogP contribution >= 0.6 is 0 Å². The van der Waals surface area contributed by atoms with Gasteiger partial charge < -0.3 is 15.0 Å². The molecule has 2 fully saturated rings. The van der Waals surface area contributed by atoms with E-state index in [1.807, 2.05) is 18.2 Å². The number of nitrogens with one attached hydrogen (secondary N) is 1. The average molecular weight is 286 g/mol. The Hall–Kier alpha value is -2.04. The van der Waals surface area contributed by atoms with Crippen LogP contribution in [0.3, 0.4) is 0 Å². The molecule has 110 valence electrons. The second-order valence-corrected chi connectivity index (χ2v) is 6.28. The standard InChI is InChI=1S/C16H18N2O3/c19-13-9-16(21-14-4-2-1-3-12(13)14)7-8-18(10-16)15(20)17-11-5-6-11/h1-4,11H,5-10H2,(H,17,20). The Balaban J connectivity index is 1.51. The number of carbonyl (C=O) groups is 2. The fourth-order valence-electron chi connectivity index (χ4n) is 3.18. The van der Waals surface area contributed by atoms with Gasteiger partial charge in [0.25, 0.3) is 0 Å². The van der Waals surface area contributed by atoms with Gasteiger partial charge in [-0.1, -0.05) is 12.1 Å². The predicted octanol–water partition coefficient (Wildman–Crippen LogP) is 1.97. The van der Waals surface area contributed by atoms with Crippen LogP contribution in [-0.4, -0.2) is 41.4 Å². The molecule has 2 amide bonds. The van der Waals surface area contributed by atoms with E-state index in [1.54, 1.807) is 11.0 Å². The summed E-state index contributed by atoms with van der Waals surface area (Å²) in [6.45, 7) is 1.14. The zero-order valence-corrected chi connectivity index (χ0v) is 11.8. The number of nitrogens with zero attached hydrogens (tertiary/aromatic N) is 1. The van der Waals surface area contributed by atoms with Crippen LogP contribution in [0, 0.1) is 0 Å². The van der Waals surface area contributed by atoms with Crippen LogP contribution in [0.5, 0.6) is 5.75 Å². The van der Waals surface area contributed by atoms with Crippen molar-refractivity contribution in [1.82, 2.24) is 10.2 Å². The summed E-state index contributed by atoms with van der Waals surface area (Å²) in [7, 11) is 0. The van der Waals surface area contributed by atoms with E-state index in [0.29, 0.717) is 43.3 Å². The van der Waals surface area contributed by atoms with Gasteiger partial charge in [-0.2, -0.15) is 0 Å². The Kier molecular flexibility index (Phi) is 2.71. The van der Waals surface area contributed by atoms with Crippen molar-refractivity contribution in [3.8, 4) is 5.75 Å². The molecule has 1 aromatic rings. The molecular formula is C16H18N2O3. The molecule has 2 aliphatic heterocycles. The number of para-hydroxylation sites is 1. The van der Waals surface area contributed by atoms with Gasteiger partial charge in [-0.05, 0) is 25.0 Å². The molecule has 0 bridgehead atoms. The van der Waals surface area contributed by atoms with Gasteiger partial charge in [0.15, 0.2) is 5.78 Å². The number of carbonyl (C=O) groups excluding carboxylic acids is 2. The van der Waals surface area contributed by atoms with E-state index in [0.717, 1.165) is 12.8 Å². The van der Waals surface area contributed by atoms with Crippen LogP contribution < -0.4 is 10.1 Å². The van der Waals surface area contributed by atoms with E-state index in [9.17, 15) is 9.59 Å². The number of hydrogen-bond donors (Lipinski definition) is 1. The summed E-state index contributed by atoms with van der Waals surface area (Å²) in [5.41, 5.74) is 0.121. The first-order chi connectivity index (χ1) is 10.2. The minimum absolute atomic E-state index is 0.0238. The van der Waals surface area contributed by atoms with Crippen molar-refractivity contribution < 1.29 is 14.3 Å². The number of amides is 2. The number of hydrogen-bond acceptors (Lipinski definition) is 3. The summed E-state index contributed by atoms with van der Waals surface area (Å²) in [5.74, 6) is 0.763. The monoisotopic (exact) mass is 286 g/mol. The van der Waals surface area contributed by atoms with Crippen molar-refractivity contribution in [3.05, 3.63) is 29.8 Å². The third-order valence-electron chi connectivity index (χ3n) is 4.51. The van der Waals surface area contributed by atoms with E-state index in [-0.39, 0.29) is 11.8 Å². The SMILES string of the molecule is O=C1CC2(CCN(C(=O)NC3CC3)C2)Oc2ccccc21. The van der Waals surface area contributed by atoms with E-state index in [2.05, 4.69) is 5.32 Å². The van der Waals surface area contributed by atoms with Gasteiger partial charge in [-0.25, -0.2) is 4.79 Å². The fourth-order valence-corrected chi connectivity index (χ4v) is 3.18. The molecule has 1 spiro atoms. The minimum atomic E-state index is -0.535. The highest BCUT2D eigenvalue weighted by molar-refractivity contribution is 6.00. The van der Waals surface area contributed by atoms with Crippen LogP contribution in [0.15, 0.2) is 24.3 Å². The van der Waals surface area contributed by atoms with Crippen molar-refractivity contribution in [2.75, 3.05) is 13.1 Å². The summed E-state index contributed by atoms with van der Waals surface area (Å²) in [4.78, 5) is 26.2. The van der Waals surface area contributed by atoms with Crippen LogP contribution in [0.25, 0.3) is 0 Å². The van der Waals surface area contributed by atoms with Gasteiger partial charge in [0.05, 0.1) is 18.5 Å². The Labute approximate surface area is 123 Å². The molecule has 1 saturated heterocycles. The highest BCUT2D eigenvalue weighted by Gasteiger charge is 2.47. The molecule has 3 aliphatic rings. The molecule has 21 heavy (non-hydrogen) atoms. The van der Waals surface area contributed by atoms with Crippen LogP contribution in [0.2, 0.25) is 0 Å². The number of fused-ring (bicyclic) bond motifs is 1. The molecule has 1 unspecified atom stereocenters. The number of ether oxygens (including phenoxy) is 1. The summed E-state index contributed by atoms with van der Waals surface area (Å²) < 4.78 is 6.11. The lowest BCUT2D eigenvalue weighted by Crippen LogP contribution is -2.47. The van der Waals surface area contributed by atoms with Gasteiger partial charge in [0, 0.05) is 19.0 Å². The Morgan fingerprint density at radius 2 is 2.14 bits per heavy atom. The molecule has 0 aromatic heterocycles.